The van der Waals surface area contributed by atoms with Gasteiger partial charge in [-0.05, 0) is 44.6 Å². The van der Waals surface area contributed by atoms with Gasteiger partial charge in [0, 0.05) is 51.4 Å². The number of nitrogens with zero attached hydrogens (tertiary/aromatic N) is 6. The van der Waals surface area contributed by atoms with Crippen LogP contribution in [0.3, 0.4) is 0 Å². The molecule has 1 atom stereocenters. The van der Waals surface area contributed by atoms with Crippen molar-refractivity contribution in [2.45, 2.75) is 18.9 Å². The second-order valence-electron chi connectivity index (χ2n) is 11.1. The van der Waals surface area contributed by atoms with Gasteiger partial charge in [-0.25, -0.2) is 15.0 Å². The summed E-state index contributed by atoms with van der Waals surface area (Å²) >= 11 is 0. The zero-order valence-corrected chi connectivity index (χ0v) is 25.3. The predicted octanol–water partition coefficient (Wildman–Crippen LogP) is 3.79. The molecule has 2 aromatic carbocycles. The van der Waals surface area contributed by atoms with Gasteiger partial charge in [0.15, 0.2) is 5.82 Å². The quantitative estimate of drug-likeness (QED) is 0.305. The van der Waals surface area contributed by atoms with Crippen LogP contribution in [0.1, 0.15) is 12.0 Å². The second-order valence-corrected chi connectivity index (χ2v) is 11.1. The zero-order chi connectivity index (χ0) is 30.2. The molecule has 0 bridgehead atoms. The Morgan fingerprint density at radius 3 is 2.63 bits per heavy atom. The van der Waals surface area contributed by atoms with Crippen LogP contribution in [0.15, 0.2) is 67.5 Å². The number of hydrogen-bond acceptors (Lipinski definition) is 10. The fourth-order valence-electron chi connectivity index (χ4n) is 5.44. The van der Waals surface area contributed by atoms with E-state index in [2.05, 4.69) is 80.2 Å². The number of hydroxylamine groups is 1. The van der Waals surface area contributed by atoms with Crippen molar-refractivity contribution in [2.24, 2.45) is 0 Å². The number of rotatable bonds is 12. The molecule has 0 unspecified atom stereocenters. The van der Waals surface area contributed by atoms with E-state index >= 15 is 0 Å². The zero-order valence-electron chi connectivity index (χ0n) is 25.3. The molecule has 0 saturated carbocycles. The number of ether oxygens (including phenoxy) is 1. The third-order valence-electron chi connectivity index (χ3n) is 7.81. The minimum atomic E-state index is -0.276. The average Bonchev–Trinajstić information content (AvgIpc) is 3.49. The Hall–Kier alpha value is -4.19. The minimum Gasteiger partial charge on any atom is -0.494 e. The molecular formula is C32H42N8O3. The van der Waals surface area contributed by atoms with Gasteiger partial charge < -0.3 is 25.2 Å². The summed E-state index contributed by atoms with van der Waals surface area (Å²) in [5, 5.41) is 8.26. The molecule has 2 fully saturated rings. The van der Waals surface area contributed by atoms with Crippen molar-refractivity contribution < 1.29 is 14.4 Å². The van der Waals surface area contributed by atoms with E-state index in [1.54, 1.807) is 7.11 Å². The lowest BCUT2D eigenvalue weighted by molar-refractivity contribution is -0.111. The number of anilines is 5. The molecule has 0 spiro atoms. The number of nitrogens with one attached hydrogen (secondary N) is 2. The molecule has 1 amide bonds. The number of piperazine rings is 1. The number of methoxy groups -OCH3 is 1. The van der Waals surface area contributed by atoms with E-state index in [-0.39, 0.29) is 11.9 Å². The van der Waals surface area contributed by atoms with Crippen molar-refractivity contribution in [3.63, 3.8) is 0 Å². The van der Waals surface area contributed by atoms with Gasteiger partial charge in [0.1, 0.15) is 17.9 Å². The van der Waals surface area contributed by atoms with Crippen LogP contribution in [0.4, 0.5) is 28.7 Å². The Morgan fingerprint density at radius 1 is 1.12 bits per heavy atom. The standard InChI is InChI=1S/C32H42N8O3/c1-5-32(41)36-26-20-27(29(42-4)21-28(26)39-16-14-38(15-17-39)13-12-37(2)3)35-30-22-31(34-23-33-30)40-25(11-18-43-40)19-24-9-7-6-8-10-24/h5-10,20-23,25H,1,11-19H2,2-4H3,(H,36,41)(H,33,34,35)/t25-/m0/s1. The number of carbonyl (C=O) groups is 1. The van der Waals surface area contributed by atoms with Gasteiger partial charge >= 0.3 is 0 Å². The molecule has 2 aliphatic rings. The lowest BCUT2D eigenvalue weighted by atomic mass is 10.0. The molecule has 0 aliphatic carbocycles. The fourth-order valence-corrected chi connectivity index (χ4v) is 5.44. The normalized spacial score (nSPS) is 17.3. The smallest absolute Gasteiger partial charge is 0.247 e. The molecular weight excluding hydrogens is 544 g/mol. The second kappa shape index (κ2) is 14.3. The molecule has 1 aromatic heterocycles. The highest BCUT2D eigenvalue weighted by Gasteiger charge is 2.28. The van der Waals surface area contributed by atoms with Crippen LogP contribution in [-0.2, 0) is 16.1 Å². The van der Waals surface area contributed by atoms with E-state index in [4.69, 9.17) is 9.57 Å². The van der Waals surface area contributed by atoms with Gasteiger partial charge in [-0.1, -0.05) is 36.9 Å². The summed E-state index contributed by atoms with van der Waals surface area (Å²) in [4.78, 5) is 34.4. The van der Waals surface area contributed by atoms with Crippen LogP contribution in [0.5, 0.6) is 5.75 Å². The lowest BCUT2D eigenvalue weighted by Crippen LogP contribution is -2.48. The van der Waals surface area contributed by atoms with Crippen molar-refractivity contribution in [3.05, 3.63) is 73.1 Å². The monoisotopic (exact) mass is 586 g/mol. The summed E-state index contributed by atoms with van der Waals surface area (Å²) in [5.41, 5.74) is 3.50. The van der Waals surface area contributed by atoms with Crippen LogP contribution in [-0.4, -0.2) is 98.8 Å². The van der Waals surface area contributed by atoms with Crippen LogP contribution in [0.25, 0.3) is 0 Å². The topological polar surface area (TPSA) is 98.3 Å². The highest BCUT2D eigenvalue weighted by Crippen LogP contribution is 2.39. The minimum absolute atomic E-state index is 0.169. The first-order valence-electron chi connectivity index (χ1n) is 14.8. The summed E-state index contributed by atoms with van der Waals surface area (Å²) in [7, 11) is 5.83. The Labute approximate surface area is 254 Å². The molecule has 2 aliphatic heterocycles. The first kappa shape index (κ1) is 30.3. The fraction of sp³-hybridized carbons (Fsp3) is 0.406. The molecule has 0 radical (unpaired) electrons. The van der Waals surface area contributed by atoms with E-state index in [1.165, 1.54) is 18.0 Å². The molecule has 43 heavy (non-hydrogen) atoms. The van der Waals surface area contributed by atoms with Crippen molar-refractivity contribution in [2.75, 3.05) is 87.7 Å². The summed E-state index contributed by atoms with van der Waals surface area (Å²) in [6.45, 7) is 9.90. The molecule has 3 aromatic rings. The van der Waals surface area contributed by atoms with Crippen molar-refractivity contribution in [1.29, 1.82) is 0 Å². The van der Waals surface area contributed by atoms with E-state index in [9.17, 15) is 4.79 Å². The maximum absolute atomic E-state index is 12.4. The number of amides is 1. The Morgan fingerprint density at radius 2 is 1.91 bits per heavy atom. The van der Waals surface area contributed by atoms with Crippen LogP contribution >= 0.6 is 0 Å². The van der Waals surface area contributed by atoms with Crippen molar-refractivity contribution in [3.8, 4) is 5.75 Å². The van der Waals surface area contributed by atoms with Gasteiger partial charge in [0.2, 0.25) is 5.91 Å². The number of carbonyl (C=O) groups excluding carboxylic acids is 1. The van der Waals surface area contributed by atoms with E-state index < -0.39 is 0 Å². The Kier molecular flexibility index (Phi) is 10.1. The maximum Gasteiger partial charge on any atom is 0.247 e. The van der Waals surface area contributed by atoms with Crippen molar-refractivity contribution in [1.82, 2.24) is 19.8 Å². The SMILES string of the molecule is C=CC(=O)Nc1cc(Nc2cc(N3OCC[C@H]3Cc3ccccc3)ncn2)c(OC)cc1N1CCN(CCN(C)C)CC1. The molecule has 2 N–H and O–H groups in total. The largest absolute Gasteiger partial charge is 0.494 e. The Balaban J connectivity index is 1.36. The van der Waals surface area contributed by atoms with Crippen LogP contribution in [0.2, 0.25) is 0 Å². The summed E-state index contributed by atoms with van der Waals surface area (Å²) < 4.78 is 5.82. The third-order valence-corrected chi connectivity index (χ3v) is 7.81. The van der Waals surface area contributed by atoms with Gasteiger partial charge in [0.05, 0.1) is 36.8 Å². The van der Waals surface area contributed by atoms with E-state index in [0.29, 0.717) is 35.4 Å². The highest BCUT2D eigenvalue weighted by atomic mass is 16.7. The van der Waals surface area contributed by atoms with Crippen LogP contribution in [0, 0.1) is 0 Å². The molecule has 11 heteroatoms. The summed E-state index contributed by atoms with van der Waals surface area (Å²) in [6.07, 6.45) is 4.57. The van der Waals surface area contributed by atoms with Gasteiger partial charge in [-0.3, -0.25) is 14.5 Å². The van der Waals surface area contributed by atoms with E-state index in [0.717, 1.165) is 57.8 Å². The predicted molar refractivity (Wildman–Crippen MR) is 171 cm³/mol. The molecule has 5 rings (SSSR count). The van der Waals surface area contributed by atoms with Gasteiger partial charge in [-0.15, -0.1) is 0 Å². The molecule has 2 saturated heterocycles. The number of benzene rings is 2. The highest BCUT2D eigenvalue weighted by molar-refractivity contribution is 6.02. The third kappa shape index (κ3) is 7.81. The van der Waals surface area contributed by atoms with Gasteiger partial charge in [0.25, 0.3) is 0 Å². The lowest BCUT2D eigenvalue weighted by Gasteiger charge is -2.37. The number of hydrogen-bond donors (Lipinski definition) is 2. The van der Waals surface area contributed by atoms with E-state index in [1.807, 2.05) is 29.3 Å². The molecule has 228 valence electrons. The molecule has 11 nitrogen and oxygen atoms in total. The first-order chi connectivity index (χ1) is 20.9. The summed E-state index contributed by atoms with van der Waals surface area (Å²) in [5.74, 6) is 1.63. The average molecular weight is 587 g/mol. The maximum atomic E-state index is 12.4. The van der Waals surface area contributed by atoms with Crippen molar-refractivity contribution >= 4 is 34.6 Å². The Bertz CT molecular complexity index is 1380. The first-order valence-corrected chi connectivity index (χ1v) is 14.8. The number of likely N-dealkylation sites (N-methyl/N-ethyl adjacent to an activating group) is 1. The van der Waals surface area contributed by atoms with Gasteiger partial charge in [-0.2, -0.15) is 0 Å². The molecule has 3 heterocycles. The summed E-state index contributed by atoms with van der Waals surface area (Å²) in [6, 6.07) is 16.3. The van der Waals surface area contributed by atoms with Crippen LogP contribution < -0.4 is 25.3 Å². The number of aromatic nitrogens is 2.